The van der Waals surface area contributed by atoms with E-state index >= 15 is 0 Å². The summed E-state index contributed by atoms with van der Waals surface area (Å²) in [7, 11) is 0. The lowest BCUT2D eigenvalue weighted by molar-refractivity contribution is -0.385. The van der Waals surface area contributed by atoms with Gasteiger partial charge in [-0.2, -0.15) is 0 Å². The summed E-state index contributed by atoms with van der Waals surface area (Å²) in [5.41, 5.74) is 2.66. The van der Waals surface area contributed by atoms with Gasteiger partial charge in [0.15, 0.2) is 5.75 Å². The van der Waals surface area contributed by atoms with E-state index in [1.807, 2.05) is 6.92 Å². The normalized spacial score (nSPS) is 10.4. The van der Waals surface area contributed by atoms with Gasteiger partial charge in [-0.15, -0.1) is 11.3 Å². The van der Waals surface area contributed by atoms with Crippen LogP contribution in [0.15, 0.2) is 23.7 Å². The smallest absolute Gasteiger partial charge is 0.311 e. The highest BCUT2D eigenvalue weighted by atomic mass is 35.5. The fraction of sp³-hybridized carbons (Fsp3) is 0.250. The van der Waals surface area contributed by atoms with E-state index < -0.39 is 4.92 Å². The monoisotopic (exact) mass is 298 g/mol. The second-order valence-corrected chi connectivity index (χ2v) is 5.20. The number of ether oxygens (including phenoxy) is 1. The maximum atomic E-state index is 10.9. The molecule has 0 atom stereocenters. The number of nitrogens with zero attached hydrogens (tertiary/aromatic N) is 2. The number of thiazole rings is 1. The summed E-state index contributed by atoms with van der Waals surface area (Å²) in [6.07, 6.45) is 0.667. The molecule has 0 bridgehead atoms. The molecule has 5 nitrogen and oxygen atoms in total. The largest absolute Gasteiger partial charge is 0.486 e. The standard InChI is InChI=1S/C12H11ClN2O3S/c1-8-12(19-7-14-8)4-5-18-11-6-9(13)2-3-10(11)15(16)17/h2-3,6-7H,4-5H2,1H3. The number of rotatable bonds is 5. The van der Waals surface area contributed by atoms with Crippen molar-refractivity contribution in [3.63, 3.8) is 0 Å². The van der Waals surface area contributed by atoms with Crippen molar-refractivity contribution >= 4 is 28.6 Å². The van der Waals surface area contributed by atoms with Gasteiger partial charge in [0.25, 0.3) is 0 Å². The van der Waals surface area contributed by atoms with E-state index in [1.54, 1.807) is 16.8 Å². The SMILES string of the molecule is Cc1ncsc1CCOc1cc(Cl)ccc1[N+](=O)[O-]. The van der Waals surface area contributed by atoms with Crippen LogP contribution < -0.4 is 4.74 Å². The molecular weight excluding hydrogens is 288 g/mol. The Morgan fingerprint density at radius 3 is 2.95 bits per heavy atom. The predicted octanol–water partition coefficient (Wildman–Crippen LogP) is 3.63. The average molecular weight is 299 g/mol. The first kappa shape index (κ1) is 13.8. The van der Waals surface area contributed by atoms with Gasteiger partial charge in [-0.25, -0.2) is 4.98 Å². The van der Waals surface area contributed by atoms with Crippen molar-refractivity contribution in [1.82, 2.24) is 4.98 Å². The highest BCUT2D eigenvalue weighted by molar-refractivity contribution is 7.09. The zero-order chi connectivity index (χ0) is 13.8. The Bertz CT molecular complexity index is 600. The maximum Gasteiger partial charge on any atom is 0.311 e. The molecule has 0 unspecified atom stereocenters. The first-order valence-corrected chi connectivity index (χ1v) is 6.79. The molecule has 0 spiro atoms. The molecule has 0 fully saturated rings. The Morgan fingerprint density at radius 1 is 1.53 bits per heavy atom. The van der Waals surface area contributed by atoms with Gasteiger partial charge in [0.1, 0.15) is 0 Å². The summed E-state index contributed by atoms with van der Waals surface area (Å²) in [5, 5.41) is 11.3. The average Bonchev–Trinajstić information content (AvgIpc) is 2.75. The van der Waals surface area contributed by atoms with Crippen LogP contribution in [0.1, 0.15) is 10.6 Å². The first-order valence-electron chi connectivity index (χ1n) is 5.53. The zero-order valence-electron chi connectivity index (χ0n) is 10.1. The number of nitro benzene ring substituents is 1. The zero-order valence-corrected chi connectivity index (χ0v) is 11.7. The minimum atomic E-state index is -0.483. The molecule has 0 aliphatic carbocycles. The van der Waals surface area contributed by atoms with Gasteiger partial charge in [-0.3, -0.25) is 10.1 Å². The third-order valence-corrected chi connectivity index (χ3v) is 3.78. The molecule has 1 heterocycles. The lowest BCUT2D eigenvalue weighted by atomic mass is 10.3. The molecule has 100 valence electrons. The lowest BCUT2D eigenvalue weighted by Crippen LogP contribution is -2.03. The van der Waals surface area contributed by atoms with Crippen molar-refractivity contribution in [2.24, 2.45) is 0 Å². The van der Waals surface area contributed by atoms with Crippen LogP contribution in [0.2, 0.25) is 5.02 Å². The molecule has 0 saturated carbocycles. The number of aromatic nitrogens is 1. The van der Waals surface area contributed by atoms with Crippen LogP contribution in [0.25, 0.3) is 0 Å². The van der Waals surface area contributed by atoms with E-state index in [0.717, 1.165) is 10.6 Å². The Morgan fingerprint density at radius 2 is 2.32 bits per heavy atom. The number of nitro groups is 1. The second kappa shape index (κ2) is 5.99. The molecule has 0 aliphatic heterocycles. The fourth-order valence-electron chi connectivity index (χ4n) is 1.57. The van der Waals surface area contributed by atoms with Crippen LogP contribution in [0.5, 0.6) is 5.75 Å². The quantitative estimate of drug-likeness (QED) is 0.624. The van der Waals surface area contributed by atoms with Crippen molar-refractivity contribution in [1.29, 1.82) is 0 Å². The lowest BCUT2D eigenvalue weighted by Gasteiger charge is -2.06. The van der Waals surface area contributed by atoms with Gasteiger partial charge >= 0.3 is 5.69 Å². The molecule has 19 heavy (non-hydrogen) atoms. The van der Waals surface area contributed by atoms with Crippen molar-refractivity contribution in [2.45, 2.75) is 13.3 Å². The van der Waals surface area contributed by atoms with Crippen molar-refractivity contribution in [3.05, 3.63) is 49.4 Å². The van der Waals surface area contributed by atoms with Crippen LogP contribution in [-0.4, -0.2) is 16.5 Å². The minimum absolute atomic E-state index is 0.0783. The summed E-state index contributed by atoms with van der Waals surface area (Å²) in [5.74, 6) is 0.194. The second-order valence-electron chi connectivity index (χ2n) is 3.83. The van der Waals surface area contributed by atoms with Crippen molar-refractivity contribution < 1.29 is 9.66 Å². The molecule has 0 amide bonds. The Balaban J connectivity index is 2.05. The topological polar surface area (TPSA) is 65.3 Å². The third-order valence-electron chi connectivity index (χ3n) is 2.55. The number of halogens is 1. The number of benzene rings is 1. The number of hydrogen-bond acceptors (Lipinski definition) is 5. The van der Waals surface area contributed by atoms with Crippen LogP contribution in [-0.2, 0) is 6.42 Å². The first-order chi connectivity index (χ1) is 9.08. The maximum absolute atomic E-state index is 10.9. The van der Waals surface area contributed by atoms with Crippen LogP contribution in [0.4, 0.5) is 5.69 Å². The van der Waals surface area contributed by atoms with Gasteiger partial charge in [0, 0.05) is 28.5 Å². The highest BCUT2D eigenvalue weighted by Crippen LogP contribution is 2.30. The Hall–Kier alpha value is -1.66. The molecule has 2 rings (SSSR count). The molecule has 2 aromatic rings. The number of hydrogen-bond donors (Lipinski definition) is 0. The van der Waals surface area contributed by atoms with Gasteiger partial charge in [-0.05, 0) is 13.0 Å². The van der Waals surface area contributed by atoms with E-state index in [9.17, 15) is 10.1 Å². The molecule has 0 aliphatic rings. The van der Waals surface area contributed by atoms with Crippen molar-refractivity contribution in [2.75, 3.05) is 6.61 Å². The minimum Gasteiger partial charge on any atom is -0.486 e. The molecular formula is C12H11ClN2O3S. The van der Waals surface area contributed by atoms with Gasteiger partial charge < -0.3 is 4.74 Å². The summed E-state index contributed by atoms with van der Waals surface area (Å²) < 4.78 is 5.46. The third kappa shape index (κ3) is 3.42. The summed E-state index contributed by atoms with van der Waals surface area (Å²) >= 11 is 7.36. The summed E-state index contributed by atoms with van der Waals surface area (Å²) in [4.78, 5) is 15.6. The molecule has 0 saturated heterocycles. The van der Waals surface area contributed by atoms with Crippen LogP contribution >= 0.6 is 22.9 Å². The summed E-state index contributed by atoms with van der Waals surface area (Å²) in [6, 6.07) is 4.27. The predicted molar refractivity (Wildman–Crippen MR) is 74.2 cm³/mol. The number of aryl methyl sites for hydroxylation is 1. The molecule has 1 aromatic carbocycles. The summed E-state index contributed by atoms with van der Waals surface area (Å²) in [6.45, 7) is 2.28. The Kier molecular flexibility index (Phi) is 4.34. The van der Waals surface area contributed by atoms with E-state index in [2.05, 4.69) is 4.98 Å². The molecule has 7 heteroatoms. The fourth-order valence-corrected chi connectivity index (χ4v) is 2.50. The van der Waals surface area contributed by atoms with E-state index in [0.29, 0.717) is 18.1 Å². The van der Waals surface area contributed by atoms with E-state index in [4.69, 9.17) is 16.3 Å². The van der Waals surface area contributed by atoms with Crippen LogP contribution in [0.3, 0.4) is 0 Å². The van der Waals surface area contributed by atoms with Gasteiger partial charge in [0.05, 0.1) is 22.7 Å². The molecule has 0 radical (unpaired) electrons. The van der Waals surface area contributed by atoms with Crippen molar-refractivity contribution in [3.8, 4) is 5.75 Å². The van der Waals surface area contributed by atoms with Crippen LogP contribution in [0, 0.1) is 17.0 Å². The van der Waals surface area contributed by atoms with E-state index in [1.165, 1.54) is 18.2 Å². The van der Waals surface area contributed by atoms with E-state index in [-0.39, 0.29) is 11.4 Å². The molecule has 0 N–H and O–H groups in total. The highest BCUT2D eigenvalue weighted by Gasteiger charge is 2.15. The Labute approximate surface area is 119 Å². The van der Waals surface area contributed by atoms with Gasteiger partial charge in [-0.1, -0.05) is 11.6 Å². The van der Waals surface area contributed by atoms with Gasteiger partial charge in [0.2, 0.25) is 0 Å². The molecule has 1 aromatic heterocycles.